The van der Waals surface area contributed by atoms with E-state index in [4.69, 9.17) is 28.9 Å². The van der Waals surface area contributed by atoms with E-state index in [-0.39, 0.29) is 18.4 Å². The van der Waals surface area contributed by atoms with Crippen LogP contribution >= 0.6 is 35.6 Å². The highest BCUT2D eigenvalue weighted by atomic mass is 35.5. The molecule has 1 aromatic rings. The highest BCUT2D eigenvalue weighted by Crippen LogP contribution is 2.28. The van der Waals surface area contributed by atoms with Gasteiger partial charge in [0.25, 0.3) is 0 Å². The topological polar surface area (TPSA) is 29.3 Å². The Kier molecular flexibility index (Phi) is 6.92. The Morgan fingerprint density at radius 1 is 1.42 bits per heavy atom. The molecule has 0 aliphatic carbocycles. The summed E-state index contributed by atoms with van der Waals surface area (Å²) >= 11 is 12.3. The van der Waals surface area contributed by atoms with Crippen LogP contribution in [0.2, 0.25) is 10.0 Å². The molecular formula is C14H21Cl3N2. The lowest BCUT2D eigenvalue weighted by Crippen LogP contribution is -2.41. The van der Waals surface area contributed by atoms with Crippen molar-refractivity contribution in [1.29, 1.82) is 0 Å². The summed E-state index contributed by atoms with van der Waals surface area (Å²) in [6, 6.07) is 6.09. The maximum absolute atomic E-state index is 6.23. The number of piperidine rings is 1. The van der Waals surface area contributed by atoms with Crippen molar-refractivity contribution in [3.63, 3.8) is 0 Å². The molecule has 5 heteroatoms. The highest BCUT2D eigenvalue weighted by Gasteiger charge is 2.23. The van der Waals surface area contributed by atoms with Gasteiger partial charge < -0.3 is 5.73 Å². The van der Waals surface area contributed by atoms with Gasteiger partial charge in [0, 0.05) is 19.1 Å². The Morgan fingerprint density at radius 3 is 2.84 bits per heavy atom. The Hall–Kier alpha value is 0.01000. The molecule has 0 aromatic heterocycles. The summed E-state index contributed by atoms with van der Waals surface area (Å²) < 4.78 is 0. The fraction of sp³-hybridized carbons (Fsp3) is 0.571. The molecule has 0 bridgehead atoms. The smallest absolute Gasteiger partial charge is 0.0637 e. The molecule has 2 N–H and O–H groups in total. The average Bonchev–Trinajstić information content (AvgIpc) is 2.35. The lowest BCUT2D eigenvalue weighted by molar-refractivity contribution is 0.154. The molecule has 2 unspecified atom stereocenters. The van der Waals surface area contributed by atoms with Crippen LogP contribution < -0.4 is 5.73 Å². The van der Waals surface area contributed by atoms with E-state index < -0.39 is 0 Å². The molecule has 1 fully saturated rings. The standard InChI is InChI=1S/C14H20Cl2N2.ClH/c1-10(17)11-5-3-7-18(8-11)9-12-4-2-6-13(15)14(12)16;/h2,4,6,10-11H,3,5,7-9,17H2,1H3;1H. The van der Waals surface area contributed by atoms with Crippen LogP contribution in [-0.4, -0.2) is 24.0 Å². The van der Waals surface area contributed by atoms with Crippen molar-refractivity contribution in [2.75, 3.05) is 13.1 Å². The molecule has 1 aliphatic rings. The number of likely N-dealkylation sites (tertiary alicyclic amines) is 1. The summed E-state index contributed by atoms with van der Waals surface area (Å²) in [5, 5.41) is 1.32. The number of rotatable bonds is 3. The van der Waals surface area contributed by atoms with Gasteiger partial charge >= 0.3 is 0 Å². The van der Waals surface area contributed by atoms with Crippen molar-refractivity contribution in [3.05, 3.63) is 33.8 Å². The first-order valence-corrected chi connectivity index (χ1v) is 7.24. The van der Waals surface area contributed by atoms with Gasteiger partial charge in [0.05, 0.1) is 10.0 Å². The normalized spacial score (nSPS) is 21.8. The number of hydrogen-bond donors (Lipinski definition) is 1. The molecule has 1 heterocycles. The van der Waals surface area contributed by atoms with Gasteiger partial charge in [-0.3, -0.25) is 4.90 Å². The minimum Gasteiger partial charge on any atom is -0.328 e. The van der Waals surface area contributed by atoms with E-state index in [2.05, 4.69) is 11.8 Å². The molecular weight excluding hydrogens is 303 g/mol. The minimum atomic E-state index is 0. The lowest BCUT2D eigenvalue weighted by Gasteiger charge is -2.34. The van der Waals surface area contributed by atoms with Gasteiger partial charge in [0.15, 0.2) is 0 Å². The third-order valence-electron chi connectivity index (χ3n) is 3.71. The minimum absolute atomic E-state index is 0. The molecule has 1 aliphatic heterocycles. The first kappa shape index (κ1) is 17.1. The van der Waals surface area contributed by atoms with Gasteiger partial charge in [0.2, 0.25) is 0 Å². The van der Waals surface area contributed by atoms with Gasteiger partial charge in [-0.2, -0.15) is 0 Å². The average molecular weight is 324 g/mol. The fourth-order valence-electron chi connectivity index (χ4n) is 2.58. The zero-order valence-electron chi connectivity index (χ0n) is 11.1. The van der Waals surface area contributed by atoms with Gasteiger partial charge in [-0.25, -0.2) is 0 Å². The second kappa shape index (κ2) is 7.70. The Balaban J connectivity index is 0.00000180. The summed E-state index contributed by atoms with van der Waals surface area (Å²) in [5.74, 6) is 0.594. The number of halogens is 3. The summed E-state index contributed by atoms with van der Waals surface area (Å²) in [7, 11) is 0. The molecule has 2 atom stereocenters. The molecule has 2 rings (SSSR count). The molecule has 2 nitrogen and oxygen atoms in total. The summed E-state index contributed by atoms with van der Waals surface area (Å²) in [4.78, 5) is 2.43. The molecule has 0 amide bonds. The Morgan fingerprint density at radius 2 is 2.16 bits per heavy atom. The first-order valence-electron chi connectivity index (χ1n) is 6.48. The lowest BCUT2D eigenvalue weighted by atomic mass is 9.92. The van der Waals surface area contributed by atoms with Crippen LogP contribution in [0.25, 0.3) is 0 Å². The third-order valence-corrected chi connectivity index (χ3v) is 4.57. The maximum Gasteiger partial charge on any atom is 0.0637 e. The molecule has 0 spiro atoms. The summed E-state index contributed by atoms with van der Waals surface area (Å²) in [6.45, 7) is 5.13. The van der Waals surface area contributed by atoms with Crippen LogP contribution in [0.5, 0.6) is 0 Å². The molecule has 19 heavy (non-hydrogen) atoms. The number of nitrogens with two attached hydrogens (primary N) is 1. The fourth-order valence-corrected chi connectivity index (χ4v) is 2.96. The largest absolute Gasteiger partial charge is 0.328 e. The van der Waals surface area contributed by atoms with Crippen LogP contribution in [0, 0.1) is 5.92 Å². The van der Waals surface area contributed by atoms with Gasteiger partial charge in [-0.1, -0.05) is 35.3 Å². The predicted octanol–water partition coefficient (Wildman–Crippen LogP) is 3.97. The summed E-state index contributed by atoms with van der Waals surface area (Å²) in [6.07, 6.45) is 2.45. The van der Waals surface area contributed by atoms with Crippen molar-refractivity contribution in [1.82, 2.24) is 4.90 Å². The second-order valence-corrected chi connectivity index (χ2v) is 5.99. The summed E-state index contributed by atoms with van der Waals surface area (Å²) in [5.41, 5.74) is 7.11. The van der Waals surface area contributed by atoms with Crippen molar-refractivity contribution in [3.8, 4) is 0 Å². The predicted molar refractivity (Wildman–Crippen MR) is 85.4 cm³/mol. The SMILES string of the molecule is CC(N)C1CCCN(Cc2cccc(Cl)c2Cl)C1.Cl. The van der Waals surface area contributed by atoms with Gasteiger partial charge in [0.1, 0.15) is 0 Å². The van der Waals surface area contributed by atoms with E-state index in [1.165, 1.54) is 12.8 Å². The van der Waals surface area contributed by atoms with Crippen LogP contribution in [0.15, 0.2) is 18.2 Å². The molecule has 0 radical (unpaired) electrons. The maximum atomic E-state index is 6.23. The van der Waals surface area contributed by atoms with Crippen LogP contribution in [0.3, 0.4) is 0 Å². The molecule has 0 saturated carbocycles. The van der Waals surface area contributed by atoms with E-state index in [1.807, 2.05) is 18.2 Å². The molecule has 1 saturated heterocycles. The van der Waals surface area contributed by atoms with E-state index in [1.54, 1.807) is 0 Å². The quantitative estimate of drug-likeness (QED) is 0.912. The van der Waals surface area contributed by atoms with Gasteiger partial charge in [-0.05, 0) is 43.9 Å². The number of benzene rings is 1. The van der Waals surface area contributed by atoms with E-state index in [0.717, 1.165) is 25.2 Å². The highest BCUT2D eigenvalue weighted by molar-refractivity contribution is 6.42. The van der Waals surface area contributed by atoms with Gasteiger partial charge in [-0.15, -0.1) is 12.4 Å². The second-order valence-electron chi connectivity index (χ2n) is 5.21. The van der Waals surface area contributed by atoms with Crippen LogP contribution in [-0.2, 0) is 6.54 Å². The number of nitrogens with zero attached hydrogens (tertiary/aromatic N) is 1. The number of hydrogen-bond acceptors (Lipinski definition) is 2. The van der Waals surface area contributed by atoms with Crippen molar-refractivity contribution < 1.29 is 0 Å². The van der Waals surface area contributed by atoms with E-state index in [0.29, 0.717) is 16.0 Å². The van der Waals surface area contributed by atoms with Crippen LogP contribution in [0.4, 0.5) is 0 Å². The Bertz CT molecular complexity index is 410. The van der Waals surface area contributed by atoms with Crippen molar-refractivity contribution in [2.45, 2.75) is 32.4 Å². The molecule has 108 valence electrons. The van der Waals surface area contributed by atoms with Crippen molar-refractivity contribution in [2.24, 2.45) is 11.7 Å². The Labute approximate surface area is 131 Å². The zero-order chi connectivity index (χ0) is 13.1. The van der Waals surface area contributed by atoms with Crippen LogP contribution in [0.1, 0.15) is 25.3 Å². The van der Waals surface area contributed by atoms with E-state index >= 15 is 0 Å². The monoisotopic (exact) mass is 322 g/mol. The van der Waals surface area contributed by atoms with E-state index in [9.17, 15) is 0 Å². The van der Waals surface area contributed by atoms with Crippen molar-refractivity contribution >= 4 is 35.6 Å². The zero-order valence-corrected chi connectivity index (χ0v) is 13.4. The third kappa shape index (κ3) is 4.51. The molecule has 1 aromatic carbocycles. The first-order chi connectivity index (χ1) is 8.58.